The monoisotopic (exact) mass is 422 g/mol. The van der Waals surface area contributed by atoms with E-state index in [4.69, 9.17) is 4.74 Å². The van der Waals surface area contributed by atoms with Gasteiger partial charge in [0.25, 0.3) is 0 Å². The Morgan fingerprint density at radius 1 is 1.27 bits per heavy atom. The summed E-state index contributed by atoms with van der Waals surface area (Å²) < 4.78 is 9.95. The molecule has 0 N–H and O–H groups in total. The quantitative estimate of drug-likeness (QED) is 0.487. The van der Waals surface area contributed by atoms with E-state index in [-0.39, 0.29) is 6.04 Å². The van der Waals surface area contributed by atoms with E-state index in [1.807, 2.05) is 33.9 Å². The van der Waals surface area contributed by atoms with Crippen molar-refractivity contribution in [3.63, 3.8) is 0 Å². The molecule has 7 nitrogen and oxygen atoms in total. The molecule has 30 heavy (non-hydrogen) atoms. The molecule has 0 aromatic carbocycles. The summed E-state index contributed by atoms with van der Waals surface area (Å²) in [6.07, 6.45) is 13.7. The molecule has 0 saturated heterocycles. The molecule has 8 heteroatoms. The maximum Gasteiger partial charge on any atom is 0.145 e. The van der Waals surface area contributed by atoms with Gasteiger partial charge in [-0.05, 0) is 24.8 Å². The van der Waals surface area contributed by atoms with Crippen LogP contribution in [0.15, 0.2) is 31.0 Å². The van der Waals surface area contributed by atoms with E-state index in [9.17, 15) is 5.26 Å². The maximum absolute atomic E-state index is 9.32. The van der Waals surface area contributed by atoms with Gasteiger partial charge in [-0.3, -0.25) is 4.68 Å². The van der Waals surface area contributed by atoms with Gasteiger partial charge in [0.05, 0.1) is 38.5 Å². The van der Waals surface area contributed by atoms with E-state index in [2.05, 4.69) is 40.8 Å². The van der Waals surface area contributed by atoms with E-state index in [1.54, 1.807) is 6.33 Å². The summed E-state index contributed by atoms with van der Waals surface area (Å²) in [4.78, 5) is 9.04. The molecule has 1 aliphatic rings. The predicted molar refractivity (Wildman–Crippen MR) is 119 cm³/mol. The molecule has 3 aromatic heterocycles. The second-order valence-corrected chi connectivity index (χ2v) is 14.9. The fourth-order valence-electron chi connectivity index (χ4n) is 4.34. The summed E-state index contributed by atoms with van der Waals surface area (Å²) in [6, 6.07) is 4.54. The van der Waals surface area contributed by atoms with Crippen molar-refractivity contribution in [1.82, 2.24) is 24.3 Å². The molecule has 1 aliphatic carbocycles. The number of nitrogens with zero attached hydrogens (tertiary/aromatic N) is 6. The molecule has 0 spiro atoms. The van der Waals surface area contributed by atoms with Crippen molar-refractivity contribution in [1.29, 1.82) is 5.26 Å². The molecular weight excluding hydrogens is 392 g/mol. The maximum atomic E-state index is 9.32. The van der Waals surface area contributed by atoms with Crippen LogP contribution in [0.5, 0.6) is 0 Å². The van der Waals surface area contributed by atoms with Crippen LogP contribution < -0.4 is 0 Å². The van der Waals surface area contributed by atoms with Crippen LogP contribution in [0.4, 0.5) is 0 Å². The number of rotatable bonds is 8. The highest BCUT2D eigenvalue weighted by atomic mass is 28.3. The Morgan fingerprint density at radius 3 is 2.80 bits per heavy atom. The molecule has 3 aromatic rings. The zero-order valence-electron chi connectivity index (χ0n) is 18.1. The average Bonchev–Trinajstić information content (AvgIpc) is 3.46. The second-order valence-electron chi connectivity index (χ2n) is 9.47. The normalized spacial score (nSPS) is 16.2. The van der Waals surface area contributed by atoms with Crippen LogP contribution >= 0.6 is 0 Å². The first kappa shape index (κ1) is 20.8. The van der Waals surface area contributed by atoms with Gasteiger partial charge in [-0.25, -0.2) is 9.97 Å². The minimum atomic E-state index is -1.25. The SMILES string of the molecule is C[Si](C)(C)COCn1ccc2c(-c3cnn(C(CC#N)C4CCCC4)c3)ncnc21. The van der Waals surface area contributed by atoms with Gasteiger partial charge in [-0.15, -0.1) is 0 Å². The Morgan fingerprint density at radius 2 is 2.07 bits per heavy atom. The number of hydrogen-bond acceptors (Lipinski definition) is 5. The van der Waals surface area contributed by atoms with Gasteiger partial charge in [-0.2, -0.15) is 10.4 Å². The molecule has 1 atom stereocenters. The van der Waals surface area contributed by atoms with Crippen LogP contribution in [-0.2, 0) is 11.5 Å². The number of aromatic nitrogens is 5. The topological polar surface area (TPSA) is 81.5 Å². The van der Waals surface area contributed by atoms with Crippen molar-refractivity contribution in [2.45, 2.75) is 64.5 Å². The summed E-state index contributed by atoms with van der Waals surface area (Å²) in [5.74, 6) is 0.535. The van der Waals surface area contributed by atoms with Crippen LogP contribution in [0.25, 0.3) is 22.3 Å². The Kier molecular flexibility index (Phi) is 6.02. The first-order valence-electron chi connectivity index (χ1n) is 10.8. The molecule has 0 amide bonds. The van der Waals surface area contributed by atoms with Gasteiger partial charge in [0.15, 0.2) is 0 Å². The lowest BCUT2D eigenvalue weighted by molar-refractivity contribution is 0.112. The molecular formula is C22H30N6OSi. The van der Waals surface area contributed by atoms with Crippen molar-refractivity contribution in [3.05, 3.63) is 31.0 Å². The molecule has 158 valence electrons. The van der Waals surface area contributed by atoms with Crippen LogP contribution in [-0.4, -0.2) is 38.6 Å². The highest BCUT2D eigenvalue weighted by Crippen LogP contribution is 2.36. The lowest BCUT2D eigenvalue weighted by Crippen LogP contribution is -2.28. The third-order valence-electron chi connectivity index (χ3n) is 5.78. The molecule has 1 fully saturated rings. The van der Waals surface area contributed by atoms with Crippen LogP contribution in [0.3, 0.4) is 0 Å². The summed E-state index contributed by atoms with van der Waals surface area (Å²) in [6.45, 7) is 7.38. The number of nitriles is 1. The molecule has 4 rings (SSSR count). The van der Waals surface area contributed by atoms with Crippen molar-refractivity contribution >= 4 is 19.1 Å². The second kappa shape index (κ2) is 8.70. The van der Waals surface area contributed by atoms with Crippen LogP contribution in [0.1, 0.15) is 38.1 Å². The van der Waals surface area contributed by atoms with E-state index in [0.29, 0.717) is 19.1 Å². The number of fused-ring (bicyclic) bond motifs is 1. The standard InChI is InChI=1S/C22H30N6OSi/c1-30(2,3)16-29-15-27-11-9-19-21(24-14-25-22(19)27)18-12-26-28(13-18)20(8-10-23)17-6-4-5-7-17/h9,11-14,17,20H,4-8,15-16H2,1-3H3. The Hall–Kier alpha value is -2.50. The van der Waals surface area contributed by atoms with Gasteiger partial charge in [0, 0.05) is 29.6 Å². The van der Waals surface area contributed by atoms with Gasteiger partial charge < -0.3 is 9.30 Å². The van der Waals surface area contributed by atoms with Gasteiger partial charge in [-0.1, -0.05) is 32.5 Å². The van der Waals surface area contributed by atoms with E-state index < -0.39 is 8.07 Å². The minimum absolute atomic E-state index is 0.142. The third-order valence-corrected chi connectivity index (χ3v) is 6.85. The fourth-order valence-corrected chi connectivity index (χ4v) is 5.05. The van der Waals surface area contributed by atoms with Gasteiger partial charge in [0.1, 0.15) is 18.7 Å². The highest BCUT2D eigenvalue weighted by molar-refractivity contribution is 6.76. The van der Waals surface area contributed by atoms with Crippen LogP contribution in [0, 0.1) is 17.2 Å². The Balaban J connectivity index is 1.59. The molecule has 0 aliphatic heterocycles. The molecule has 1 saturated carbocycles. The fraction of sp³-hybridized carbons (Fsp3) is 0.545. The van der Waals surface area contributed by atoms with Crippen molar-refractivity contribution < 1.29 is 4.74 Å². The molecule has 1 unspecified atom stereocenters. The largest absolute Gasteiger partial charge is 0.364 e. The predicted octanol–water partition coefficient (Wildman–Crippen LogP) is 4.79. The highest BCUT2D eigenvalue weighted by Gasteiger charge is 2.27. The van der Waals surface area contributed by atoms with E-state index in [1.165, 1.54) is 25.7 Å². The summed E-state index contributed by atoms with van der Waals surface area (Å²) in [5, 5.41) is 14.9. The third kappa shape index (κ3) is 4.47. The first-order chi connectivity index (χ1) is 14.5. The van der Waals surface area contributed by atoms with Gasteiger partial charge >= 0.3 is 0 Å². The zero-order chi connectivity index (χ0) is 21.1. The summed E-state index contributed by atoms with van der Waals surface area (Å²) in [7, 11) is -1.25. The van der Waals surface area contributed by atoms with Crippen LogP contribution in [0.2, 0.25) is 19.6 Å². The summed E-state index contributed by atoms with van der Waals surface area (Å²) >= 11 is 0. The molecule has 0 radical (unpaired) electrons. The van der Waals surface area contributed by atoms with Crippen molar-refractivity contribution in [2.75, 3.05) is 6.23 Å². The Labute approximate surface area is 178 Å². The Bertz CT molecular complexity index is 1040. The van der Waals surface area contributed by atoms with Gasteiger partial charge in [0.2, 0.25) is 0 Å². The first-order valence-corrected chi connectivity index (χ1v) is 14.5. The summed E-state index contributed by atoms with van der Waals surface area (Å²) in [5.41, 5.74) is 2.70. The smallest absolute Gasteiger partial charge is 0.145 e. The number of ether oxygens (including phenoxy) is 1. The minimum Gasteiger partial charge on any atom is -0.364 e. The van der Waals surface area contributed by atoms with Crippen molar-refractivity contribution in [3.8, 4) is 17.3 Å². The van der Waals surface area contributed by atoms with Crippen molar-refractivity contribution in [2.24, 2.45) is 5.92 Å². The molecule has 3 heterocycles. The van der Waals surface area contributed by atoms with E-state index in [0.717, 1.165) is 28.5 Å². The van der Waals surface area contributed by atoms with E-state index >= 15 is 0 Å². The number of hydrogen-bond donors (Lipinski definition) is 0. The molecule has 0 bridgehead atoms. The average molecular weight is 423 g/mol. The lowest BCUT2D eigenvalue weighted by atomic mass is 9.96. The lowest BCUT2D eigenvalue weighted by Gasteiger charge is -2.21. The zero-order valence-corrected chi connectivity index (χ0v) is 19.1.